The highest BCUT2D eigenvalue weighted by molar-refractivity contribution is 5.50. The summed E-state index contributed by atoms with van der Waals surface area (Å²) in [5.74, 6) is 0.892. The molecule has 1 aromatic rings. The van der Waals surface area contributed by atoms with Gasteiger partial charge in [0.15, 0.2) is 0 Å². The average Bonchev–Trinajstić information content (AvgIpc) is 2.23. The lowest BCUT2D eigenvalue weighted by Crippen LogP contribution is -2.30. The molecule has 0 atom stereocenters. The predicted molar refractivity (Wildman–Crippen MR) is 67.0 cm³/mol. The van der Waals surface area contributed by atoms with Gasteiger partial charge in [0.05, 0.1) is 6.61 Å². The van der Waals surface area contributed by atoms with E-state index in [-0.39, 0.29) is 0 Å². The summed E-state index contributed by atoms with van der Waals surface area (Å²) >= 11 is 0. The van der Waals surface area contributed by atoms with Crippen molar-refractivity contribution in [2.75, 3.05) is 31.7 Å². The van der Waals surface area contributed by atoms with Crippen LogP contribution in [0.4, 0.5) is 5.69 Å². The molecular formula is C13H21NO2. The van der Waals surface area contributed by atoms with Gasteiger partial charge in [0.25, 0.3) is 0 Å². The van der Waals surface area contributed by atoms with Gasteiger partial charge in [0.2, 0.25) is 0 Å². The maximum atomic E-state index is 9.46. The minimum absolute atomic E-state index is 0.309. The van der Waals surface area contributed by atoms with Crippen LogP contribution in [0.2, 0.25) is 0 Å². The number of hydrogen-bond acceptors (Lipinski definition) is 3. The molecule has 0 aliphatic carbocycles. The van der Waals surface area contributed by atoms with Crippen molar-refractivity contribution in [1.29, 1.82) is 0 Å². The van der Waals surface area contributed by atoms with Gasteiger partial charge in [-0.25, -0.2) is 0 Å². The first-order valence-corrected chi connectivity index (χ1v) is 5.66. The third-order valence-corrected chi connectivity index (χ3v) is 2.35. The molecule has 0 aromatic heterocycles. The molecule has 0 saturated carbocycles. The molecule has 0 spiro atoms. The highest BCUT2D eigenvalue weighted by Gasteiger charge is 2.08. The summed E-state index contributed by atoms with van der Waals surface area (Å²) < 4.78 is 5.10. The molecule has 0 bridgehead atoms. The van der Waals surface area contributed by atoms with Crippen molar-refractivity contribution in [2.24, 2.45) is 5.92 Å². The van der Waals surface area contributed by atoms with E-state index >= 15 is 0 Å². The number of ether oxygens (including phenoxy) is 1. The Morgan fingerprint density at radius 3 is 2.69 bits per heavy atom. The zero-order chi connectivity index (χ0) is 12.0. The van der Waals surface area contributed by atoms with E-state index in [0.717, 1.165) is 18.8 Å². The number of aromatic hydroxyl groups is 1. The number of methoxy groups -OCH3 is 1. The fraction of sp³-hybridized carbons (Fsp3) is 0.538. The number of benzene rings is 1. The predicted octanol–water partition coefficient (Wildman–Crippen LogP) is 2.50. The Morgan fingerprint density at radius 1 is 1.38 bits per heavy atom. The Labute approximate surface area is 97.7 Å². The van der Waals surface area contributed by atoms with Gasteiger partial charge in [-0.15, -0.1) is 0 Å². The molecule has 3 nitrogen and oxygen atoms in total. The third-order valence-electron chi connectivity index (χ3n) is 2.35. The largest absolute Gasteiger partial charge is 0.508 e. The quantitative estimate of drug-likeness (QED) is 0.804. The number of rotatable bonds is 6. The monoisotopic (exact) mass is 223 g/mol. The summed E-state index contributed by atoms with van der Waals surface area (Å²) in [7, 11) is 1.70. The number of hydrogen-bond donors (Lipinski definition) is 1. The lowest BCUT2D eigenvalue weighted by molar-refractivity contribution is 0.204. The van der Waals surface area contributed by atoms with Crippen molar-refractivity contribution in [3.63, 3.8) is 0 Å². The van der Waals surface area contributed by atoms with E-state index in [0.29, 0.717) is 18.3 Å². The first-order valence-electron chi connectivity index (χ1n) is 5.66. The Morgan fingerprint density at radius 2 is 2.12 bits per heavy atom. The maximum absolute atomic E-state index is 9.46. The Hall–Kier alpha value is -1.22. The molecule has 0 fully saturated rings. The molecule has 90 valence electrons. The fourth-order valence-corrected chi connectivity index (χ4v) is 1.66. The van der Waals surface area contributed by atoms with E-state index in [1.165, 1.54) is 0 Å². The smallest absolute Gasteiger partial charge is 0.117 e. The van der Waals surface area contributed by atoms with E-state index in [2.05, 4.69) is 18.7 Å². The van der Waals surface area contributed by atoms with Crippen molar-refractivity contribution < 1.29 is 9.84 Å². The molecule has 1 rings (SSSR count). The van der Waals surface area contributed by atoms with Crippen LogP contribution < -0.4 is 4.90 Å². The molecule has 0 saturated heterocycles. The SMILES string of the molecule is COCCN(CC(C)C)c1cccc(O)c1. The highest BCUT2D eigenvalue weighted by Crippen LogP contribution is 2.20. The van der Waals surface area contributed by atoms with Gasteiger partial charge in [0.1, 0.15) is 5.75 Å². The summed E-state index contributed by atoms with van der Waals surface area (Å²) in [5.41, 5.74) is 1.05. The molecule has 0 unspecified atom stereocenters. The minimum atomic E-state index is 0.309. The van der Waals surface area contributed by atoms with Gasteiger partial charge >= 0.3 is 0 Å². The third kappa shape index (κ3) is 4.11. The van der Waals surface area contributed by atoms with Crippen LogP contribution in [0.15, 0.2) is 24.3 Å². The van der Waals surface area contributed by atoms with Gasteiger partial charge in [-0.1, -0.05) is 19.9 Å². The highest BCUT2D eigenvalue weighted by atomic mass is 16.5. The summed E-state index contributed by atoms with van der Waals surface area (Å²) in [5, 5.41) is 9.46. The first-order chi connectivity index (χ1) is 7.63. The van der Waals surface area contributed by atoms with E-state index in [4.69, 9.17) is 4.74 Å². The van der Waals surface area contributed by atoms with Crippen LogP contribution in [0.5, 0.6) is 5.75 Å². The first kappa shape index (κ1) is 12.8. The van der Waals surface area contributed by atoms with E-state index in [1.54, 1.807) is 19.2 Å². The molecule has 1 N–H and O–H groups in total. The molecule has 0 heterocycles. The molecule has 0 aliphatic rings. The molecule has 16 heavy (non-hydrogen) atoms. The van der Waals surface area contributed by atoms with Crippen LogP contribution in [0.3, 0.4) is 0 Å². The Kier molecular flexibility index (Phi) is 5.12. The average molecular weight is 223 g/mol. The molecule has 0 amide bonds. The Bertz CT molecular complexity index is 313. The molecular weight excluding hydrogens is 202 g/mol. The normalized spacial score (nSPS) is 10.8. The molecule has 1 aromatic carbocycles. The van der Waals surface area contributed by atoms with Crippen LogP contribution >= 0.6 is 0 Å². The van der Waals surface area contributed by atoms with Gasteiger partial charge in [-0.05, 0) is 18.1 Å². The number of anilines is 1. The second-order valence-electron chi connectivity index (χ2n) is 4.35. The lowest BCUT2D eigenvalue weighted by atomic mass is 10.2. The van der Waals surface area contributed by atoms with Gasteiger partial charge < -0.3 is 14.7 Å². The van der Waals surface area contributed by atoms with E-state index in [9.17, 15) is 5.11 Å². The summed E-state index contributed by atoms with van der Waals surface area (Å²) in [4.78, 5) is 2.23. The van der Waals surface area contributed by atoms with Crippen molar-refractivity contribution >= 4 is 5.69 Å². The zero-order valence-electron chi connectivity index (χ0n) is 10.3. The number of phenolic OH excluding ortho intramolecular Hbond substituents is 1. The molecule has 0 radical (unpaired) electrons. The van der Waals surface area contributed by atoms with Crippen LogP contribution in [-0.2, 0) is 4.74 Å². The maximum Gasteiger partial charge on any atom is 0.117 e. The second kappa shape index (κ2) is 6.38. The van der Waals surface area contributed by atoms with Crippen molar-refractivity contribution in [3.05, 3.63) is 24.3 Å². The van der Waals surface area contributed by atoms with Crippen molar-refractivity contribution in [3.8, 4) is 5.75 Å². The van der Waals surface area contributed by atoms with Crippen LogP contribution in [0, 0.1) is 5.92 Å². The van der Waals surface area contributed by atoms with Crippen LogP contribution in [-0.4, -0.2) is 31.9 Å². The zero-order valence-corrected chi connectivity index (χ0v) is 10.3. The number of phenols is 1. The van der Waals surface area contributed by atoms with E-state index in [1.807, 2.05) is 12.1 Å². The van der Waals surface area contributed by atoms with E-state index < -0.39 is 0 Å². The van der Waals surface area contributed by atoms with Crippen molar-refractivity contribution in [1.82, 2.24) is 0 Å². The fourth-order valence-electron chi connectivity index (χ4n) is 1.66. The van der Waals surface area contributed by atoms with Crippen molar-refractivity contribution in [2.45, 2.75) is 13.8 Å². The molecule has 0 aliphatic heterocycles. The van der Waals surface area contributed by atoms with Gasteiger partial charge in [0, 0.05) is 32.0 Å². The summed E-state index contributed by atoms with van der Waals surface area (Å²) in [6, 6.07) is 7.36. The van der Waals surface area contributed by atoms with Gasteiger partial charge in [-0.2, -0.15) is 0 Å². The Balaban J connectivity index is 2.74. The summed E-state index contributed by atoms with van der Waals surface area (Å²) in [6.07, 6.45) is 0. The minimum Gasteiger partial charge on any atom is -0.508 e. The van der Waals surface area contributed by atoms with Crippen LogP contribution in [0.1, 0.15) is 13.8 Å². The lowest BCUT2D eigenvalue weighted by Gasteiger charge is -2.26. The summed E-state index contributed by atoms with van der Waals surface area (Å²) in [6.45, 7) is 6.87. The van der Waals surface area contributed by atoms with Gasteiger partial charge in [-0.3, -0.25) is 0 Å². The standard InChI is InChI=1S/C13H21NO2/c1-11(2)10-14(7-8-16-3)12-5-4-6-13(15)9-12/h4-6,9,11,15H,7-8,10H2,1-3H3. The topological polar surface area (TPSA) is 32.7 Å². The second-order valence-corrected chi connectivity index (χ2v) is 4.35. The molecule has 3 heteroatoms. The van der Waals surface area contributed by atoms with Crippen LogP contribution in [0.25, 0.3) is 0 Å². The number of nitrogens with zero attached hydrogens (tertiary/aromatic N) is 1.